The molecule has 188 valence electrons. The Labute approximate surface area is 209 Å². The van der Waals surface area contributed by atoms with Gasteiger partial charge < -0.3 is 20.3 Å². The highest BCUT2D eigenvalue weighted by Crippen LogP contribution is 2.39. The van der Waals surface area contributed by atoms with Crippen LogP contribution in [0.1, 0.15) is 24.5 Å². The summed E-state index contributed by atoms with van der Waals surface area (Å²) in [5, 5.41) is 5.76. The third-order valence-corrected chi connectivity index (χ3v) is 5.39. The van der Waals surface area contributed by atoms with Crippen LogP contribution in [0.4, 0.5) is 31.9 Å². The van der Waals surface area contributed by atoms with Gasteiger partial charge in [0.2, 0.25) is 11.9 Å². The third-order valence-electron chi connectivity index (χ3n) is 5.39. The van der Waals surface area contributed by atoms with Gasteiger partial charge in [0.05, 0.1) is 12.7 Å². The third kappa shape index (κ3) is 6.65. The number of carbonyl (C=O) groups is 1. The number of anilines is 4. The number of allylic oxidation sites excluding steroid dienone is 2. The number of amides is 1. The van der Waals surface area contributed by atoms with Crippen LogP contribution in [-0.4, -0.2) is 30.0 Å². The molecule has 1 aromatic heterocycles. The van der Waals surface area contributed by atoms with Gasteiger partial charge in [-0.3, -0.25) is 4.79 Å². The van der Waals surface area contributed by atoms with E-state index in [0.29, 0.717) is 23.7 Å². The van der Waals surface area contributed by atoms with E-state index in [4.69, 9.17) is 4.74 Å². The molecule has 3 aromatic rings. The molecule has 0 bridgehead atoms. The monoisotopic (exact) mass is 493 g/mol. The molecule has 0 saturated carbocycles. The number of hydrogen-bond donors (Lipinski definition) is 2. The number of rotatable bonds is 11. The predicted molar refractivity (Wildman–Crippen MR) is 138 cm³/mol. The van der Waals surface area contributed by atoms with E-state index >= 15 is 8.78 Å². The van der Waals surface area contributed by atoms with Crippen LogP contribution in [0.15, 0.2) is 79.5 Å². The summed E-state index contributed by atoms with van der Waals surface area (Å²) in [5.74, 6) is -2.59. The lowest BCUT2D eigenvalue weighted by molar-refractivity contribution is -0.116. The fourth-order valence-corrected chi connectivity index (χ4v) is 3.37. The van der Waals surface area contributed by atoms with Gasteiger partial charge in [-0.15, -0.1) is 0 Å². The van der Waals surface area contributed by atoms with Crippen molar-refractivity contribution in [1.29, 1.82) is 0 Å². The lowest BCUT2D eigenvalue weighted by Gasteiger charge is -2.25. The second kappa shape index (κ2) is 11.9. The van der Waals surface area contributed by atoms with Crippen LogP contribution in [0.2, 0.25) is 0 Å². The Morgan fingerprint density at radius 2 is 1.97 bits per heavy atom. The molecule has 0 fully saturated rings. The lowest BCUT2D eigenvalue weighted by atomic mass is 10.1. The molecule has 36 heavy (non-hydrogen) atoms. The molecule has 0 aliphatic carbocycles. The Morgan fingerprint density at radius 1 is 1.22 bits per heavy atom. The van der Waals surface area contributed by atoms with Crippen molar-refractivity contribution in [3.63, 3.8) is 0 Å². The zero-order valence-electron chi connectivity index (χ0n) is 20.5. The normalized spacial score (nSPS) is 11.2. The maximum Gasteiger partial charge on any atom is 0.281 e. The SMILES string of the molecule is C=CC(=O)NCc1ccc(N(C)c2nc(Nc3cccc(OC)c3)ncc2C(F)(F)CC=CC)cc1. The first-order chi connectivity index (χ1) is 17.3. The number of carbonyl (C=O) groups excluding carboxylic acids is 1. The minimum Gasteiger partial charge on any atom is -0.497 e. The highest BCUT2D eigenvalue weighted by Gasteiger charge is 2.35. The molecule has 2 aromatic carbocycles. The molecule has 0 aliphatic rings. The molecular formula is C27H29F2N5O2. The smallest absolute Gasteiger partial charge is 0.281 e. The zero-order valence-corrected chi connectivity index (χ0v) is 20.5. The summed E-state index contributed by atoms with van der Waals surface area (Å²) in [6.07, 6.45) is 4.88. The van der Waals surface area contributed by atoms with E-state index in [1.165, 1.54) is 12.2 Å². The van der Waals surface area contributed by atoms with Crippen molar-refractivity contribution in [2.45, 2.75) is 25.8 Å². The van der Waals surface area contributed by atoms with Gasteiger partial charge in [-0.1, -0.05) is 36.9 Å². The number of aromatic nitrogens is 2. The van der Waals surface area contributed by atoms with Crippen molar-refractivity contribution in [1.82, 2.24) is 15.3 Å². The number of halogens is 2. The Morgan fingerprint density at radius 3 is 2.64 bits per heavy atom. The van der Waals surface area contributed by atoms with Crippen molar-refractivity contribution in [3.05, 3.63) is 90.7 Å². The van der Waals surface area contributed by atoms with Gasteiger partial charge in [0.25, 0.3) is 5.92 Å². The second-order valence-corrected chi connectivity index (χ2v) is 7.91. The van der Waals surface area contributed by atoms with Crippen LogP contribution in [0, 0.1) is 0 Å². The first kappa shape index (κ1) is 26.3. The van der Waals surface area contributed by atoms with E-state index in [0.717, 1.165) is 11.8 Å². The molecule has 0 spiro atoms. The Hall–Kier alpha value is -4.27. The van der Waals surface area contributed by atoms with Crippen molar-refractivity contribution < 1.29 is 18.3 Å². The van der Waals surface area contributed by atoms with Crippen LogP contribution < -0.4 is 20.3 Å². The molecule has 0 atom stereocenters. The number of benzene rings is 2. The maximum absolute atomic E-state index is 15.2. The van der Waals surface area contributed by atoms with Gasteiger partial charge in [-0.2, -0.15) is 4.98 Å². The lowest BCUT2D eigenvalue weighted by Crippen LogP contribution is -2.22. The van der Waals surface area contributed by atoms with E-state index in [9.17, 15) is 4.79 Å². The molecule has 0 unspecified atom stereocenters. The van der Waals surface area contributed by atoms with E-state index in [1.54, 1.807) is 68.5 Å². The molecule has 9 heteroatoms. The fourth-order valence-electron chi connectivity index (χ4n) is 3.37. The van der Waals surface area contributed by atoms with Gasteiger partial charge in [0.1, 0.15) is 11.6 Å². The van der Waals surface area contributed by atoms with Gasteiger partial charge in [-0.05, 0) is 42.8 Å². The fraction of sp³-hybridized carbons (Fsp3) is 0.222. The summed E-state index contributed by atoms with van der Waals surface area (Å²) in [6, 6.07) is 14.3. The second-order valence-electron chi connectivity index (χ2n) is 7.91. The molecule has 2 N–H and O–H groups in total. The average Bonchev–Trinajstić information content (AvgIpc) is 2.90. The molecule has 0 radical (unpaired) electrons. The molecule has 0 aliphatic heterocycles. The average molecular weight is 494 g/mol. The predicted octanol–water partition coefficient (Wildman–Crippen LogP) is 5.86. The van der Waals surface area contributed by atoms with E-state index in [-0.39, 0.29) is 23.2 Å². The quantitative estimate of drug-likeness (QED) is 0.257. The maximum atomic E-state index is 15.2. The Balaban J connectivity index is 1.95. The van der Waals surface area contributed by atoms with Crippen LogP contribution >= 0.6 is 0 Å². The van der Waals surface area contributed by atoms with Crippen LogP contribution in [0.3, 0.4) is 0 Å². The number of ether oxygens (including phenoxy) is 1. The summed E-state index contributed by atoms with van der Waals surface area (Å²) in [7, 11) is 3.23. The Kier molecular flexibility index (Phi) is 8.72. The van der Waals surface area contributed by atoms with Gasteiger partial charge in [-0.25, -0.2) is 13.8 Å². The van der Waals surface area contributed by atoms with Crippen molar-refractivity contribution in [2.75, 3.05) is 24.4 Å². The van der Waals surface area contributed by atoms with Crippen molar-refractivity contribution in [3.8, 4) is 5.75 Å². The van der Waals surface area contributed by atoms with Gasteiger partial charge >= 0.3 is 0 Å². The highest BCUT2D eigenvalue weighted by molar-refractivity contribution is 5.86. The number of nitrogens with one attached hydrogen (secondary N) is 2. The first-order valence-electron chi connectivity index (χ1n) is 11.3. The number of methoxy groups -OCH3 is 1. The number of nitrogens with zero attached hydrogens (tertiary/aromatic N) is 3. The van der Waals surface area contributed by atoms with E-state index in [2.05, 4.69) is 27.2 Å². The molecule has 0 saturated heterocycles. The molecule has 1 amide bonds. The first-order valence-corrected chi connectivity index (χ1v) is 11.3. The van der Waals surface area contributed by atoms with Gasteiger partial charge in [0, 0.05) is 43.7 Å². The largest absolute Gasteiger partial charge is 0.497 e. The number of alkyl halides is 2. The van der Waals surface area contributed by atoms with Crippen molar-refractivity contribution >= 4 is 29.0 Å². The molecule has 1 heterocycles. The van der Waals surface area contributed by atoms with E-state index in [1.807, 2.05) is 12.1 Å². The summed E-state index contributed by atoms with van der Waals surface area (Å²) in [6.45, 7) is 5.44. The van der Waals surface area contributed by atoms with E-state index < -0.39 is 12.3 Å². The topological polar surface area (TPSA) is 79.4 Å². The standard InChI is InChI=1S/C27H29F2N5O2/c1-5-7-15-27(28,29)23-18-31-26(32-20-9-8-10-22(16-20)36-4)33-25(23)34(3)21-13-11-19(12-14-21)17-30-24(35)6-2/h5-14,16,18H,2,15,17H2,1,3-4H3,(H,30,35)(H,31,32,33). The number of hydrogen-bond acceptors (Lipinski definition) is 6. The minimum absolute atomic E-state index is 0.0672. The minimum atomic E-state index is -3.18. The van der Waals surface area contributed by atoms with Crippen molar-refractivity contribution in [2.24, 2.45) is 0 Å². The summed E-state index contributed by atoms with van der Waals surface area (Å²) >= 11 is 0. The molecular weight excluding hydrogens is 464 g/mol. The Bertz CT molecular complexity index is 1230. The summed E-state index contributed by atoms with van der Waals surface area (Å²) < 4.78 is 35.6. The summed E-state index contributed by atoms with van der Waals surface area (Å²) in [5.41, 5.74) is 1.86. The molecule has 7 nitrogen and oxygen atoms in total. The summed E-state index contributed by atoms with van der Waals surface area (Å²) in [4.78, 5) is 21.6. The molecule has 3 rings (SSSR count). The van der Waals surface area contributed by atoms with Gasteiger partial charge in [0.15, 0.2) is 0 Å². The highest BCUT2D eigenvalue weighted by atomic mass is 19.3. The zero-order chi connectivity index (χ0) is 26.1. The van der Waals surface area contributed by atoms with Crippen LogP contribution in [0.25, 0.3) is 0 Å². The van der Waals surface area contributed by atoms with Crippen LogP contribution in [0.5, 0.6) is 5.75 Å². The van der Waals surface area contributed by atoms with Crippen LogP contribution in [-0.2, 0) is 17.3 Å².